The van der Waals surface area contributed by atoms with Crippen LogP contribution in [0.5, 0.6) is 5.75 Å². The third-order valence-corrected chi connectivity index (χ3v) is 3.36. The minimum absolute atomic E-state index is 0.0942. The van der Waals surface area contributed by atoms with E-state index in [1.165, 1.54) is 29.2 Å². The van der Waals surface area contributed by atoms with E-state index in [-0.39, 0.29) is 16.5 Å². The Kier molecular flexibility index (Phi) is 2.76. The number of hydrogen-bond donors (Lipinski definition) is 2. The van der Waals surface area contributed by atoms with Crippen molar-refractivity contribution in [2.45, 2.75) is 5.03 Å². The van der Waals surface area contributed by atoms with Crippen molar-refractivity contribution in [2.75, 3.05) is 4.72 Å². The smallest absolute Gasteiger partial charge is 0.281 e. The van der Waals surface area contributed by atoms with Crippen LogP contribution in [-0.4, -0.2) is 23.1 Å². The minimum atomic E-state index is -3.76. The number of aryl methyl sites for hydroxylation is 1. The topological polar surface area (TPSA) is 84.2 Å². The van der Waals surface area contributed by atoms with E-state index < -0.39 is 10.0 Å². The van der Waals surface area contributed by atoms with Crippen LogP contribution >= 0.6 is 0 Å². The van der Waals surface area contributed by atoms with Gasteiger partial charge < -0.3 is 9.67 Å². The number of imidazole rings is 1. The molecule has 0 aliphatic heterocycles. The van der Waals surface area contributed by atoms with E-state index >= 15 is 0 Å². The number of aromatic nitrogens is 2. The monoisotopic (exact) mass is 253 g/mol. The number of sulfonamides is 1. The number of anilines is 1. The van der Waals surface area contributed by atoms with Gasteiger partial charge in [-0.25, -0.2) is 4.98 Å². The van der Waals surface area contributed by atoms with Crippen LogP contribution in [0.1, 0.15) is 0 Å². The molecule has 0 saturated heterocycles. The largest absolute Gasteiger partial charge is 0.506 e. The normalized spacial score (nSPS) is 11.4. The van der Waals surface area contributed by atoms with Crippen LogP contribution in [0, 0.1) is 0 Å². The quantitative estimate of drug-likeness (QED) is 0.797. The van der Waals surface area contributed by atoms with Gasteiger partial charge >= 0.3 is 0 Å². The summed E-state index contributed by atoms with van der Waals surface area (Å²) in [6, 6.07) is 6.09. The molecule has 1 aromatic heterocycles. The highest BCUT2D eigenvalue weighted by Crippen LogP contribution is 2.24. The summed E-state index contributed by atoms with van der Waals surface area (Å²) < 4.78 is 27.5. The first kappa shape index (κ1) is 11.5. The maximum Gasteiger partial charge on any atom is 0.281 e. The molecule has 17 heavy (non-hydrogen) atoms. The van der Waals surface area contributed by atoms with Crippen LogP contribution in [0.15, 0.2) is 41.8 Å². The van der Waals surface area contributed by atoms with Crippen LogP contribution in [0.4, 0.5) is 5.69 Å². The van der Waals surface area contributed by atoms with Crippen molar-refractivity contribution in [3.05, 3.63) is 36.8 Å². The zero-order valence-electron chi connectivity index (χ0n) is 9.03. The first-order valence-electron chi connectivity index (χ1n) is 4.78. The van der Waals surface area contributed by atoms with Gasteiger partial charge in [-0.15, -0.1) is 0 Å². The number of rotatable bonds is 3. The number of benzene rings is 1. The van der Waals surface area contributed by atoms with Gasteiger partial charge in [0.15, 0.2) is 5.03 Å². The summed E-state index contributed by atoms with van der Waals surface area (Å²) in [4.78, 5) is 3.74. The van der Waals surface area contributed by atoms with Crippen molar-refractivity contribution in [1.82, 2.24) is 9.55 Å². The molecule has 6 nitrogen and oxygen atoms in total. The molecule has 1 heterocycles. The van der Waals surface area contributed by atoms with Gasteiger partial charge in [0.1, 0.15) is 5.75 Å². The van der Waals surface area contributed by atoms with Gasteiger partial charge in [-0.2, -0.15) is 8.42 Å². The molecule has 0 unspecified atom stereocenters. The van der Waals surface area contributed by atoms with E-state index in [2.05, 4.69) is 9.71 Å². The Morgan fingerprint density at radius 1 is 1.35 bits per heavy atom. The fourth-order valence-corrected chi connectivity index (χ4v) is 2.34. The molecule has 0 amide bonds. The van der Waals surface area contributed by atoms with Gasteiger partial charge in [-0.1, -0.05) is 12.1 Å². The second kappa shape index (κ2) is 4.10. The van der Waals surface area contributed by atoms with Crippen molar-refractivity contribution < 1.29 is 13.5 Å². The van der Waals surface area contributed by atoms with Crippen LogP contribution in [-0.2, 0) is 17.1 Å². The average Bonchev–Trinajstić information content (AvgIpc) is 2.69. The molecule has 2 N–H and O–H groups in total. The van der Waals surface area contributed by atoms with E-state index in [1.807, 2.05) is 0 Å². The molecule has 0 bridgehead atoms. The lowest BCUT2D eigenvalue weighted by Crippen LogP contribution is -2.13. The molecular formula is C10H11N3O3S. The van der Waals surface area contributed by atoms with Gasteiger partial charge in [-0.05, 0) is 12.1 Å². The van der Waals surface area contributed by atoms with E-state index in [1.54, 1.807) is 19.2 Å². The molecule has 0 saturated carbocycles. The molecule has 0 fully saturated rings. The highest BCUT2D eigenvalue weighted by atomic mass is 32.2. The summed E-state index contributed by atoms with van der Waals surface area (Å²) in [6.07, 6.45) is 2.77. The highest BCUT2D eigenvalue weighted by molar-refractivity contribution is 7.92. The highest BCUT2D eigenvalue weighted by Gasteiger charge is 2.18. The fourth-order valence-electron chi connectivity index (χ4n) is 1.28. The van der Waals surface area contributed by atoms with Gasteiger partial charge in [0.05, 0.1) is 12.0 Å². The summed E-state index contributed by atoms with van der Waals surface area (Å²) in [5, 5.41) is 9.38. The summed E-state index contributed by atoms with van der Waals surface area (Å²) >= 11 is 0. The molecule has 7 heteroatoms. The van der Waals surface area contributed by atoms with Crippen molar-refractivity contribution in [3.63, 3.8) is 0 Å². The molecule has 1 aromatic carbocycles. The lowest BCUT2D eigenvalue weighted by molar-refractivity contribution is 0.477. The predicted octanol–water partition coefficient (Wildman–Crippen LogP) is 0.926. The number of nitrogens with zero attached hydrogens (tertiary/aromatic N) is 2. The number of nitrogens with one attached hydrogen (secondary N) is 1. The molecule has 0 aliphatic rings. The van der Waals surface area contributed by atoms with Crippen LogP contribution in [0.3, 0.4) is 0 Å². The average molecular weight is 253 g/mol. The molecule has 2 rings (SSSR count). The van der Waals surface area contributed by atoms with E-state index in [0.717, 1.165) is 0 Å². The minimum Gasteiger partial charge on any atom is -0.506 e. The van der Waals surface area contributed by atoms with Crippen LogP contribution < -0.4 is 4.72 Å². The zero-order valence-corrected chi connectivity index (χ0v) is 9.85. The number of aromatic hydroxyl groups is 1. The third-order valence-electron chi connectivity index (χ3n) is 2.10. The van der Waals surface area contributed by atoms with E-state index in [9.17, 15) is 13.5 Å². The Morgan fingerprint density at radius 3 is 2.65 bits per heavy atom. The van der Waals surface area contributed by atoms with E-state index in [0.29, 0.717) is 0 Å². The number of hydrogen-bond acceptors (Lipinski definition) is 4. The first-order chi connectivity index (χ1) is 7.99. The third kappa shape index (κ3) is 2.39. The predicted molar refractivity (Wildman–Crippen MR) is 62.1 cm³/mol. The maximum atomic E-state index is 11.9. The van der Waals surface area contributed by atoms with Crippen molar-refractivity contribution in [3.8, 4) is 5.75 Å². The second-order valence-corrected chi connectivity index (χ2v) is 5.13. The Hall–Kier alpha value is -2.02. The lowest BCUT2D eigenvalue weighted by atomic mass is 10.3. The summed E-state index contributed by atoms with van der Waals surface area (Å²) in [5.41, 5.74) is 0.123. The number of phenols is 1. The SMILES string of the molecule is Cn1cnc(S(=O)(=O)Nc2ccccc2O)c1. The van der Waals surface area contributed by atoms with Gasteiger partial charge in [0, 0.05) is 13.2 Å². The summed E-state index contributed by atoms with van der Waals surface area (Å²) in [7, 11) is -2.08. The fraction of sp³-hybridized carbons (Fsp3) is 0.100. The Morgan fingerprint density at radius 2 is 2.06 bits per heavy atom. The summed E-state index contributed by atoms with van der Waals surface area (Å²) in [5.74, 6) is -0.132. The maximum absolute atomic E-state index is 11.9. The van der Waals surface area contributed by atoms with Crippen molar-refractivity contribution in [1.29, 1.82) is 0 Å². The molecule has 0 spiro atoms. The molecule has 2 aromatic rings. The Balaban J connectivity index is 2.33. The standard InChI is InChI=1S/C10H11N3O3S/c1-13-6-10(11-7-13)17(15,16)12-8-4-2-3-5-9(8)14/h2-7,12,14H,1H3. The zero-order chi connectivity index (χ0) is 12.5. The summed E-state index contributed by atoms with van der Waals surface area (Å²) in [6.45, 7) is 0. The van der Waals surface area contributed by atoms with Crippen molar-refractivity contribution >= 4 is 15.7 Å². The van der Waals surface area contributed by atoms with Gasteiger partial charge in [-0.3, -0.25) is 4.72 Å². The molecule has 0 radical (unpaired) electrons. The molecule has 0 atom stereocenters. The van der Waals surface area contributed by atoms with Gasteiger partial charge in [0.25, 0.3) is 10.0 Å². The lowest BCUT2D eigenvalue weighted by Gasteiger charge is -2.06. The van der Waals surface area contributed by atoms with Gasteiger partial charge in [0.2, 0.25) is 0 Å². The molecule has 0 aliphatic carbocycles. The van der Waals surface area contributed by atoms with E-state index in [4.69, 9.17) is 0 Å². The number of phenolic OH excluding ortho intramolecular Hbond substituents is 1. The first-order valence-corrected chi connectivity index (χ1v) is 6.26. The van der Waals surface area contributed by atoms with Crippen LogP contribution in [0.25, 0.3) is 0 Å². The van der Waals surface area contributed by atoms with Crippen LogP contribution in [0.2, 0.25) is 0 Å². The number of para-hydroxylation sites is 2. The Labute approximate surface area is 98.6 Å². The second-order valence-electron chi connectivity index (χ2n) is 3.50. The molecular weight excluding hydrogens is 242 g/mol. The Bertz CT molecular complexity index is 634. The molecule has 90 valence electrons. The van der Waals surface area contributed by atoms with Crippen molar-refractivity contribution in [2.24, 2.45) is 7.05 Å².